The van der Waals surface area contributed by atoms with Gasteiger partial charge in [-0.2, -0.15) is 0 Å². The third kappa shape index (κ3) is 5.01. The minimum atomic E-state index is 0.492. The Balaban J connectivity index is 3.22. The molecule has 0 radical (unpaired) electrons. The Morgan fingerprint density at radius 3 is 1.68 bits per heavy atom. The van der Waals surface area contributed by atoms with Gasteiger partial charge < -0.3 is 0 Å². The first-order chi connectivity index (χ1) is 9.22. The fourth-order valence-corrected chi connectivity index (χ4v) is 1.88. The fourth-order valence-electron chi connectivity index (χ4n) is 1.69. The molecule has 0 aliphatic heterocycles. The van der Waals surface area contributed by atoms with Gasteiger partial charge in [0.15, 0.2) is 0 Å². The van der Waals surface area contributed by atoms with Crippen molar-refractivity contribution in [3.05, 3.63) is 34.4 Å². The molecule has 3 nitrogen and oxygen atoms in total. The van der Waals surface area contributed by atoms with Crippen LogP contribution in [0.25, 0.3) is 0 Å². The quantitative estimate of drug-likeness (QED) is 0.592. The largest absolute Gasteiger partial charge is 0.228 e. The van der Waals surface area contributed by atoms with Crippen molar-refractivity contribution in [1.82, 2.24) is 0 Å². The number of nitrogens with zero attached hydrogens (tertiary/aromatic N) is 3. The molecule has 0 saturated heterocycles. The van der Waals surface area contributed by atoms with Crippen LogP contribution in [0.5, 0.6) is 0 Å². The number of hydrogen-bond acceptors (Lipinski definition) is 6. The molecular weight excluding hydrogens is 294 g/mol. The SMILES string of the molecule is Cc1c(CN=C=S)cc(CN=C=S)cc1CN=C=S. The van der Waals surface area contributed by atoms with E-state index in [0.29, 0.717) is 19.6 Å². The molecule has 0 unspecified atom stereocenters. The van der Waals surface area contributed by atoms with Gasteiger partial charge in [0.05, 0.1) is 35.1 Å². The van der Waals surface area contributed by atoms with Crippen LogP contribution < -0.4 is 0 Å². The minimum Gasteiger partial charge on any atom is -0.228 e. The Bertz CT molecular complexity index is 565. The van der Waals surface area contributed by atoms with Crippen LogP contribution in [0.15, 0.2) is 27.1 Å². The monoisotopic (exact) mass is 305 g/mol. The number of hydrogen-bond donors (Lipinski definition) is 0. The number of benzene rings is 1. The summed E-state index contributed by atoms with van der Waals surface area (Å²) in [7, 11) is 0. The first kappa shape index (κ1) is 15.7. The molecule has 1 rings (SSSR count). The summed E-state index contributed by atoms with van der Waals surface area (Å²) < 4.78 is 0. The Morgan fingerprint density at radius 1 is 0.842 bits per heavy atom. The van der Waals surface area contributed by atoms with Crippen LogP contribution in [0.4, 0.5) is 0 Å². The maximum Gasteiger partial charge on any atom is 0.0746 e. The van der Waals surface area contributed by atoms with E-state index in [4.69, 9.17) is 0 Å². The van der Waals surface area contributed by atoms with Crippen molar-refractivity contribution >= 4 is 52.1 Å². The van der Waals surface area contributed by atoms with Crippen molar-refractivity contribution in [3.63, 3.8) is 0 Å². The molecule has 1 aromatic carbocycles. The number of isothiocyanates is 3. The molecule has 0 aliphatic rings. The van der Waals surface area contributed by atoms with Crippen LogP contribution in [0.1, 0.15) is 22.3 Å². The van der Waals surface area contributed by atoms with Crippen LogP contribution in [0, 0.1) is 6.92 Å². The van der Waals surface area contributed by atoms with Gasteiger partial charge in [0, 0.05) is 0 Å². The summed E-state index contributed by atoms with van der Waals surface area (Å²) in [6, 6.07) is 4.07. The zero-order valence-corrected chi connectivity index (χ0v) is 12.8. The lowest BCUT2D eigenvalue weighted by molar-refractivity contribution is 0.973. The first-order valence-electron chi connectivity index (χ1n) is 5.45. The molecule has 96 valence electrons. The van der Waals surface area contributed by atoms with E-state index < -0.39 is 0 Å². The summed E-state index contributed by atoms with van der Waals surface area (Å²) in [6.07, 6.45) is 0. The molecular formula is C13H11N3S3. The second kappa shape index (κ2) is 8.68. The van der Waals surface area contributed by atoms with Gasteiger partial charge in [-0.3, -0.25) is 0 Å². The van der Waals surface area contributed by atoms with E-state index in [9.17, 15) is 0 Å². The van der Waals surface area contributed by atoms with E-state index in [1.807, 2.05) is 19.1 Å². The Hall–Kier alpha value is -1.38. The highest BCUT2D eigenvalue weighted by Gasteiger charge is 2.06. The minimum absolute atomic E-state index is 0.492. The normalized spacial score (nSPS) is 8.89. The summed E-state index contributed by atoms with van der Waals surface area (Å²) in [4.78, 5) is 11.9. The van der Waals surface area contributed by atoms with Crippen molar-refractivity contribution in [1.29, 1.82) is 0 Å². The molecule has 0 saturated carbocycles. The Labute approximate surface area is 128 Å². The van der Waals surface area contributed by atoms with E-state index in [2.05, 4.69) is 67.1 Å². The lowest BCUT2D eigenvalue weighted by atomic mass is 9.98. The number of rotatable bonds is 6. The summed E-state index contributed by atoms with van der Waals surface area (Å²) in [6.45, 7) is 3.51. The van der Waals surface area contributed by atoms with Crippen LogP contribution in [-0.4, -0.2) is 15.5 Å². The summed E-state index contributed by atoms with van der Waals surface area (Å²) in [5.41, 5.74) is 4.30. The predicted molar refractivity (Wildman–Crippen MR) is 87.4 cm³/mol. The highest BCUT2D eigenvalue weighted by atomic mass is 32.1. The van der Waals surface area contributed by atoms with E-state index >= 15 is 0 Å². The lowest BCUT2D eigenvalue weighted by Crippen LogP contribution is -1.98. The molecule has 19 heavy (non-hydrogen) atoms. The first-order valence-corrected chi connectivity index (χ1v) is 6.67. The molecule has 0 aromatic heterocycles. The van der Waals surface area contributed by atoms with Gasteiger partial charge in [-0.15, -0.1) is 0 Å². The maximum atomic E-state index is 4.60. The molecule has 1 aromatic rings. The molecule has 0 fully saturated rings. The Kier molecular flexibility index (Phi) is 7.16. The predicted octanol–water partition coefficient (Wildman–Crippen LogP) is 3.80. The van der Waals surface area contributed by atoms with E-state index in [1.54, 1.807) is 0 Å². The maximum absolute atomic E-state index is 4.60. The van der Waals surface area contributed by atoms with Gasteiger partial charge in [-0.1, -0.05) is 12.1 Å². The average Bonchev–Trinajstić information content (AvgIpc) is 2.43. The lowest BCUT2D eigenvalue weighted by Gasteiger charge is -2.10. The Morgan fingerprint density at radius 2 is 1.26 bits per heavy atom. The van der Waals surface area contributed by atoms with Crippen molar-refractivity contribution in [3.8, 4) is 0 Å². The summed E-state index contributed by atoms with van der Waals surface area (Å²) in [5, 5.41) is 7.10. The fraction of sp³-hybridized carbons (Fsp3) is 0.308. The van der Waals surface area contributed by atoms with Gasteiger partial charge in [0.2, 0.25) is 0 Å². The second-order valence-corrected chi connectivity index (χ2v) is 4.31. The van der Waals surface area contributed by atoms with Crippen LogP contribution in [0.3, 0.4) is 0 Å². The van der Waals surface area contributed by atoms with E-state index in [0.717, 1.165) is 22.3 Å². The zero-order valence-electron chi connectivity index (χ0n) is 10.3. The topological polar surface area (TPSA) is 37.1 Å². The summed E-state index contributed by atoms with van der Waals surface area (Å²) in [5.74, 6) is 0. The van der Waals surface area contributed by atoms with Crippen molar-refractivity contribution in [2.24, 2.45) is 15.0 Å². The van der Waals surface area contributed by atoms with Crippen molar-refractivity contribution in [2.45, 2.75) is 26.6 Å². The molecule has 0 spiro atoms. The van der Waals surface area contributed by atoms with Gasteiger partial charge in [0.25, 0.3) is 0 Å². The van der Waals surface area contributed by atoms with Crippen LogP contribution >= 0.6 is 36.7 Å². The standard InChI is InChI=1S/C13H11N3S3/c1-10-12(5-15-8-18)2-11(4-14-7-17)3-13(10)6-16-9-19/h2-3H,4-6H2,1H3. The van der Waals surface area contributed by atoms with Gasteiger partial charge >= 0.3 is 0 Å². The van der Waals surface area contributed by atoms with E-state index in [1.165, 1.54) is 0 Å². The van der Waals surface area contributed by atoms with Crippen molar-refractivity contribution < 1.29 is 0 Å². The number of aliphatic imine (C=N–C) groups is 3. The summed E-state index contributed by atoms with van der Waals surface area (Å²) >= 11 is 13.8. The average molecular weight is 305 g/mol. The second-order valence-electron chi connectivity index (χ2n) is 3.76. The van der Waals surface area contributed by atoms with E-state index in [-0.39, 0.29) is 0 Å². The molecule has 0 atom stereocenters. The third-order valence-corrected chi connectivity index (χ3v) is 3.02. The molecule has 6 heteroatoms. The van der Waals surface area contributed by atoms with Crippen molar-refractivity contribution in [2.75, 3.05) is 0 Å². The molecule has 0 amide bonds. The van der Waals surface area contributed by atoms with Gasteiger partial charge in [0.1, 0.15) is 0 Å². The van der Waals surface area contributed by atoms with Gasteiger partial charge in [-0.05, 0) is 65.8 Å². The molecule has 0 N–H and O–H groups in total. The van der Waals surface area contributed by atoms with Crippen LogP contribution in [-0.2, 0) is 19.6 Å². The third-order valence-electron chi connectivity index (χ3n) is 2.64. The van der Waals surface area contributed by atoms with Crippen LogP contribution in [0.2, 0.25) is 0 Å². The smallest absolute Gasteiger partial charge is 0.0746 e. The highest BCUT2D eigenvalue weighted by molar-refractivity contribution is 7.78. The van der Waals surface area contributed by atoms with Gasteiger partial charge in [-0.25, -0.2) is 15.0 Å². The zero-order chi connectivity index (χ0) is 14.1. The number of thiocarbonyl (C=S) groups is 3. The highest BCUT2D eigenvalue weighted by Crippen LogP contribution is 2.19. The molecule has 0 aliphatic carbocycles. The molecule has 0 heterocycles. The molecule has 0 bridgehead atoms.